The molecule has 1 saturated carbocycles. The molecule has 1 amide bonds. The van der Waals surface area contributed by atoms with Crippen molar-refractivity contribution < 1.29 is 9.53 Å². The van der Waals surface area contributed by atoms with E-state index in [1.54, 1.807) is 0 Å². The normalized spacial score (nSPS) is 38.0. The van der Waals surface area contributed by atoms with Gasteiger partial charge >= 0.3 is 0 Å². The fourth-order valence-corrected chi connectivity index (χ4v) is 2.77. The van der Waals surface area contributed by atoms with Gasteiger partial charge in [-0.1, -0.05) is 0 Å². The van der Waals surface area contributed by atoms with Crippen LogP contribution in [0.1, 0.15) is 45.4 Å². The van der Waals surface area contributed by atoms with Crippen LogP contribution in [-0.2, 0) is 9.53 Å². The first-order chi connectivity index (χ1) is 8.10. The largest absolute Gasteiger partial charge is 0.365 e. The summed E-state index contributed by atoms with van der Waals surface area (Å²) < 4.78 is 5.53. The number of amides is 1. The van der Waals surface area contributed by atoms with Gasteiger partial charge in [0.05, 0.1) is 0 Å². The van der Waals surface area contributed by atoms with Gasteiger partial charge in [0, 0.05) is 19.2 Å². The summed E-state index contributed by atoms with van der Waals surface area (Å²) >= 11 is 0. The molecule has 1 atom stereocenters. The molecule has 1 saturated heterocycles. The van der Waals surface area contributed by atoms with E-state index in [2.05, 4.69) is 5.32 Å². The number of carbonyl (C=O) groups excluding carboxylic acids is 1. The molecule has 0 aromatic heterocycles. The maximum atomic E-state index is 12.0. The molecular formula is C13H24N2O2. The molecule has 0 radical (unpaired) electrons. The number of hydrogen-bond acceptors (Lipinski definition) is 3. The molecule has 0 aromatic carbocycles. The second-order valence-electron chi connectivity index (χ2n) is 5.67. The Morgan fingerprint density at radius 2 is 2.12 bits per heavy atom. The van der Waals surface area contributed by atoms with Crippen LogP contribution in [0.2, 0.25) is 0 Å². The van der Waals surface area contributed by atoms with Crippen molar-refractivity contribution in [1.82, 2.24) is 5.32 Å². The summed E-state index contributed by atoms with van der Waals surface area (Å²) in [7, 11) is 0. The lowest BCUT2D eigenvalue weighted by Crippen LogP contribution is -2.46. The van der Waals surface area contributed by atoms with Crippen molar-refractivity contribution in [2.24, 2.45) is 11.7 Å². The Morgan fingerprint density at radius 3 is 2.71 bits per heavy atom. The third-order valence-electron chi connectivity index (χ3n) is 4.14. The monoisotopic (exact) mass is 240 g/mol. The quantitative estimate of drug-likeness (QED) is 0.779. The molecule has 2 rings (SSSR count). The smallest absolute Gasteiger partial charge is 0.251 e. The summed E-state index contributed by atoms with van der Waals surface area (Å²) in [4.78, 5) is 12.0. The maximum Gasteiger partial charge on any atom is 0.251 e. The standard InChI is InChI=1S/C13H24N2O2/c1-13(7-2-8-17-13)12(16)15-9-10-3-5-11(14)6-4-10/h10-11H,2-9,14H2,1H3,(H,15,16). The van der Waals surface area contributed by atoms with Crippen molar-refractivity contribution in [2.75, 3.05) is 13.2 Å². The van der Waals surface area contributed by atoms with Crippen molar-refractivity contribution in [3.63, 3.8) is 0 Å². The van der Waals surface area contributed by atoms with Crippen LogP contribution in [0.25, 0.3) is 0 Å². The highest BCUT2D eigenvalue weighted by Gasteiger charge is 2.37. The van der Waals surface area contributed by atoms with Crippen molar-refractivity contribution in [3.8, 4) is 0 Å². The molecule has 3 N–H and O–H groups in total. The Morgan fingerprint density at radius 1 is 1.41 bits per heavy atom. The topological polar surface area (TPSA) is 64.4 Å². The molecule has 17 heavy (non-hydrogen) atoms. The van der Waals surface area contributed by atoms with Crippen LogP contribution in [-0.4, -0.2) is 30.7 Å². The molecule has 0 aromatic rings. The second-order valence-corrected chi connectivity index (χ2v) is 5.67. The predicted octanol–water partition coefficient (Wildman–Crippen LogP) is 1.19. The Balaban J connectivity index is 1.72. The van der Waals surface area contributed by atoms with Gasteiger partial charge in [-0.3, -0.25) is 4.79 Å². The van der Waals surface area contributed by atoms with Crippen LogP contribution in [0.3, 0.4) is 0 Å². The van der Waals surface area contributed by atoms with Crippen molar-refractivity contribution in [1.29, 1.82) is 0 Å². The van der Waals surface area contributed by atoms with Crippen LogP contribution in [0.15, 0.2) is 0 Å². The molecule has 4 heteroatoms. The first kappa shape index (κ1) is 12.8. The molecule has 0 bridgehead atoms. The van der Waals surface area contributed by atoms with Gasteiger partial charge in [-0.25, -0.2) is 0 Å². The van der Waals surface area contributed by atoms with Crippen LogP contribution >= 0.6 is 0 Å². The van der Waals surface area contributed by atoms with Gasteiger partial charge in [-0.15, -0.1) is 0 Å². The number of rotatable bonds is 3. The minimum atomic E-state index is -0.578. The van der Waals surface area contributed by atoms with E-state index >= 15 is 0 Å². The van der Waals surface area contributed by atoms with Gasteiger partial charge in [0.2, 0.25) is 0 Å². The maximum absolute atomic E-state index is 12.0. The fraction of sp³-hybridized carbons (Fsp3) is 0.923. The van der Waals surface area contributed by atoms with E-state index in [0.29, 0.717) is 18.6 Å². The summed E-state index contributed by atoms with van der Waals surface area (Å²) in [6.45, 7) is 3.39. The highest BCUT2D eigenvalue weighted by molar-refractivity contribution is 5.84. The van der Waals surface area contributed by atoms with Gasteiger partial charge in [0.1, 0.15) is 5.60 Å². The minimum absolute atomic E-state index is 0.0601. The van der Waals surface area contributed by atoms with Gasteiger partial charge < -0.3 is 15.8 Å². The molecular weight excluding hydrogens is 216 g/mol. The Bertz CT molecular complexity index is 267. The molecule has 1 heterocycles. The Labute approximate surface area is 103 Å². The van der Waals surface area contributed by atoms with Crippen LogP contribution < -0.4 is 11.1 Å². The summed E-state index contributed by atoms with van der Waals surface area (Å²) in [5.74, 6) is 0.661. The molecule has 1 aliphatic carbocycles. The highest BCUT2D eigenvalue weighted by atomic mass is 16.5. The molecule has 98 valence electrons. The van der Waals surface area contributed by atoms with Gasteiger partial charge in [-0.05, 0) is 51.4 Å². The molecule has 2 aliphatic rings. The van der Waals surface area contributed by atoms with Crippen molar-refractivity contribution in [2.45, 2.75) is 57.1 Å². The third-order valence-corrected chi connectivity index (χ3v) is 4.14. The second kappa shape index (κ2) is 5.36. The minimum Gasteiger partial charge on any atom is -0.365 e. The summed E-state index contributed by atoms with van der Waals surface area (Å²) in [5.41, 5.74) is 5.29. The van der Waals surface area contributed by atoms with E-state index in [1.807, 2.05) is 6.92 Å². The van der Waals surface area contributed by atoms with E-state index in [9.17, 15) is 4.79 Å². The predicted molar refractivity (Wildman–Crippen MR) is 66.5 cm³/mol. The third kappa shape index (κ3) is 3.19. The highest BCUT2D eigenvalue weighted by Crippen LogP contribution is 2.26. The SMILES string of the molecule is CC1(C(=O)NCC2CCC(N)CC2)CCCO1. The number of nitrogens with one attached hydrogen (secondary N) is 1. The summed E-state index contributed by atoms with van der Waals surface area (Å²) in [6.07, 6.45) is 6.29. The van der Waals surface area contributed by atoms with E-state index in [1.165, 1.54) is 0 Å². The van der Waals surface area contributed by atoms with Crippen LogP contribution in [0.4, 0.5) is 0 Å². The first-order valence-corrected chi connectivity index (χ1v) is 6.78. The molecule has 4 nitrogen and oxygen atoms in total. The number of hydrogen-bond donors (Lipinski definition) is 2. The number of nitrogens with two attached hydrogens (primary N) is 1. The Kier molecular flexibility index (Phi) is 4.05. The summed E-state index contributed by atoms with van der Waals surface area (Å²) in [6, 6.07) is 0.373. The summed E-state index contributed by atoms with van der Waals surface area (Å²) in [5, 5.41) is 3.04. The zero-order chi connectivity index (χ0) is 12.3. The lowest BCUT2D eigenvalue weighted by Gasteiger charge is -2.28. The van der Waals surface area contributed by atoms with Crippen LogP contribution in [0, 0.1) is 5.92 Å². The van der Waals surface area contributed by atoms with Crippen LogP contribution in [0.5, 0.6) is 0 Å². The Hall–Kier alpha value is -0.610. The average molecular weight is 240 g/mol. The van der Waals surface area contributed by atoms with Crippen molar-refractivity contribution >= 4 is 5.91 Å². The fourth-order valence-electron chi connectivity index (χ4n) is 2.77. The number of carbonyl (C=O) groups is 1. The van der Waals surface area contributed by atoms with Gasteiger partial charge in [0.25, 0.3) is 5.91 Å². The van der Waals surface area contributed by atoms with Gasteiger partial charge in [0.15, 0.2) is 0 Å². The van der Waals surface area contributed by atoms with E-state index in [0.717, 1.165) is 45.1 Å². The van der Waals surface area contributed by atoms with Crippen molar-refractivity contribution in [3.05, 3.63) is 0 Å². The molecule has 1 aliphatic heterocycles. The molecule has 0 spiro atoms. The molecule has 2 fully saturated rings. The van der Waals surface area contributed by atoms with E-state index < -0.39 is 5.60 Å². The lowest BCUT2D eigenvalue weighted by molar-refractivity contribution is -0.139. The molecule has 1 unspecified atom stereocenters. The first-order valence-electron chi connectivity index (χ1n) is 6.78. The van der Waals surface area contributed by atoms with E-state index in [4.69, 9.17) is 10.5 Å². The average Bonchev–Trinajstić information content (AvgIpc) is 2.76. The van der Waals surface area contributed by atoms with E-state index in [-0.39, 0.29) is 5.91 Å². The lowest BCUT2D eigenvalue weighted by atomic mass is 9.86. The number of ether oxygens (including phenoxy) is 1. The zero-order valence-corrected chi connectivity index (χ0v) is 10.7. The zero-order valence-electron chi connectivity index (χ0n) is 10.7. The van der Waals surface area contributed by atoms with Gasteiger partial charge in [-0.2, -0.15) is 0 Å².